The molecule has 1 atom stereocenters. The van der Waals surface area contributed by atoms with E-state index in [1.54, 1.807) is 24.3 Å². The number of nitrogens with zero attached hydrogens (tertiary/aromatic N) is 1. The zero-order chi connectivity index (χ0) is 20.3. The van der Waals surface area contributed by atoms with E-state index >= 15 is 0 Å². The predicted molar refractivity (Wildman–Crippen MR) is 106 cm³/mol. The molecule has 146 valence electrons. The number of nitrogens with one attached hydrogen (secondary N) is 1. The summed E-state index contributed by atoms with van der Waals surface area (Å²) in [6, 6.07) is 10.9. The van der Waals surface area contributed by atoms with Gasteiger partial charge in [0.2, 0.25) is 5.91 Å². The molecule has 1 aliphatic rings. The smallest absolute Gasteiger partial charge is 0.311 e. The number of hydrogen-bond donors (Lipinski definition) is 1. The van der Waals surface area contributed by atoms with Crippen molar-refractivity contribution >= 4 is 56.7 Å². The van der Waals surface area contributed by atoms with Crippen molar-refractivity contribution in [1.82, 2.24) is 0 Å². The third-order valence-electron chi connectivity index (χ3n) is 4.15. The highest BCUT2D eigenvalue weighted by Crippen LogP contribution is 2.27. The number of rotatable bonds is 5. The van der Waals surface area contributed by atoms with Gasteiger partial charge in [-0.1, -0.05) is 27.5 Å². The van der Waals surface area contributed by atoms with Crippen molar-refractivity contribution < 1.29 is 23.5 Å². The highest BCUT2D eigenvalue weighted by molar-refractivity contribution is 9.10. The topological polar surface area (TPSA) is 75.7 Å². The Hall–Kier alpha value is -2.45. The van der Waals surface area contributed by atoms with E-state index in [1.807, 2.05) is 0 Å². The first-order valence-electron chi connectivity index (χ1n) is 8.31. The van der Waals surface area contributed by atoms with Crippen molar-refractivity contribution in [2.24, 2.45) is 5.92 Å². The third kappa shape index (κ3) is 4.88. The lowest BCUT2D eigenvalue weighted by Gasteiger charge is -2.16. The van der Waals surface area contributed by atoms with E-state index in [2.05, 4.69) is 21.2 Å². The largest absolute Gasteiger partial charge is 0.455 e. The number of amides is 2. The van der Waals surface area contributed by atoms with Crippen LogP contribution in [0, 0.1) is 11.7 Å². The molecular formula is C19H15BrClFN2O4. The fourth-order valence-corrected chi connectivity index (χ4v) is 3.21. The van der Waals surface area contributed by atoms with Crippen molar-refractivity contribution in [2.75, 3.05) is 23.4 Å². The Morgan fingerprint density at radius 3 is 2.64 bits per heavy atom. The molecular weight excluding hydrogens is 455 g/mol. The molecule has 1 N–H and O–H groups in total. The summed E-state index contributed by atoms with van der Waals surface area (Å²) < 4.78 is 19.0. The zero-order valence-corrected chi connectivity index (χ0v) is 16.8. The fraction of sp³-hybridized carbons (Fsp3) is 0.211. The molecule has 28 heavy (non-hydrogen) atoms. The summed E-state index contributed by atoms with van der Waals surface area (Å²) in [6.45, 7) is -0.328. The Balaban J connectivity index is 1.52. The Kier molecular flexibility index (Phi) is 6.31. The summed E-state index contributed by atoms with van der Waals surface area (Å²) >= 11 is 8.97. The average Bonchev–Trinajstić information content (AvgIpc) is 3.05. The van der Waals surface area contributed by atoms with Crippen LogP contribution in [0.1, 0.15) is 6.42 Å². The maximum absolute atomic E-state index is 13.1. The van der Waals surface area contributed by atoms with Crippen LogP contribution >= 0.6 is 27.5 Å². The normalized spacial score (nSPS) is 16.2. The van der Waals surface area contributed by atoms with Gasteiger partial charge in [0, 0.05) is 28.8 Å². The minimum absolute atomic E-state index is 0.0179. The molecule has 0 spiro atoms. The minimum atomic E-state index is -0.649. The zero-order valence-electron chi connectivity index (χ0n) is 14.5. The molecule has 0 bridgehead atoms. The molecule has 6 nitrogen and oxygen atoms in total. The summed E-state index contributed by atoms with van der Waals surface area (Å²) in [4.78, 5) is 37.8. The van der Waals surface area contributed by atoms with E-state index in [1.165, 1.54) is 17.0 Å². The molecule has 2 aromatic carbocycles. The van der Waals surface area contributed by atoms with Gasteiger partial charge >= 0.3 is 5.97 Å². The first-order chi connectivity index (χ1) is 13.3. The summed E-state index contributed by atoms with van der Waals surface area (Å²) in [6.07, 6.45) is 0.0179. The van der Waals surface area contributed by atoms with Crippen molar-refractivity contribution in [3.63, 3.8) is 0 Å². The van der Waals surface area contributed by atoms with Gasteiger partial charge in [-0.3, -0.25) is 14.4 Å². The SMILES string of the molecule is O=C(COC(=O)[C@@H]1CC(=O)N(c2ccc(Br)cc2)C1)Nc1ccc(F)c(Cl)c1. The first kappa shape index (κ1) is 20.3. The molecule has 1 fully saturated rings. The molecule has 0 aliphatic carbocycles. The monoisotopic (exact) mass is 468 g/mol. The lowest BCUT2D eigenvalue weighted by Crippen LogP contribution is -2.28. The molecule has 2 amide bonds. The van der Waals surface area contributed by atoms with Crippen LogP contribution < -0.4 is 10.2 Å². The lowest BCUT2D eigenvalue weighted by atomic mass is 10.1. The van der Waals surface area contributed by atoms with Gasteiger partial charge in [0.15, 0.2) is 6.61 Å². The minimum Gasteiger partial charge on any atom is -0.455 e. The van der Waals surface area contributed by atoms with Gasteiger partial charge < -0.3 is 15.0 Å². The number of carbonyl (C=O) groups is 3. The van der Waals surface area contributed by atoms with Crippen LogP contribution in [0.15, 0.2) is 46.9 Å². The molecule has 1 saturated heterocycles. The summed E-state index contributed by atoms with van der Waals surface area (Å²) in [5.41, 5.74) is 0.972. The molecule has 1 aliphatic heterocycles. The highest BCUT2D eigenvalue weighted by Gasteiger charge is 2.36. The molecule has 0 saturated carbocycles. The molecule has 2 aromatic rings. The quantitative estimate of drug-likeness (QED) is 0.676. The van der Waals surface area contributed by atoms with Gasteiger partial charge in [-0.2, -0.15) is 0 Å². The number of esters is 1. The van der Waals surface area contributed by atoms with Crippen LogP contribution in [-0.2, 0) is 19.1 Å². The number of hydrogen-bond acceptors (Lipinski definition) is 4. The Bertz CT molecular complexity index is 923. The Labute approximate surface area is 173 Å². The van der Waals surface area contributed by atoms with Crippen molar-refractivity contribution in [2.45, 2.75) is 6.42 Å². The predicted octanol–water partition coefficient (Wildman–Crippen LogP) is 3.78. The standard InChI is InChI=1S/C19H15BrClFN2O4/c20-12-1-4-14(5-2-12)24-9-11(7-18(24)26)19(27)28-10-17(25)23-13-3-6-16(22)15(21)8-13/h1-6,8,11H,7,9-10H2,(H,23,25)/t11-/m1/s1. The van der Waals surface area contributed by atoms with Crippen LogP contribution in [0.4, 0.5) is 15.8 Å². The van der Waals surface area contributed by atoms with Gasteiger partial charge in [-0.05, 0) is 42.5 Å². The van der Waals surface area contributed by atoms with E-state index in [4.69, 9.17) is 16.3 Å². The van der Waals surface area contributed by atoms with Gasteiger partial charge in [0.05, 0.1) is 10.9 Å². The van der Waals surface area contributed by atoms with Gasteiger partial charge in [0.25, 0.3) is 5.91 Å². The van der Waals surface area contributed by atoms with Crippen LogP contribution in [0.5, 0.6) is 0 Å². The second-order valence-corrected chi connectivity index (χ2v) is 7.49. The fourth-order valence-electron chi connectivity index (χ4n) is 2.76. The third-order valence-corrected chi connectivity index (χ3v) is 4.96. The van der Waals surface area contributed by atoms with E-state index in [-0.39, 0.29) is 29.6 Å². The molecule has 1 heterocycles. The van der Waals surface area contributed by atoms with Crippen LogP contribution in [-0.4, -0.2) is 30.9 Å². The second-order valence-electron chi connectivity index (χ2n) is 6.17. The molecule has 3 rings (SSSR count). The number of anilines is 2. The summed E-state index contributed by atoms with van der Waals surface area (Å²) in [5.74, 6) is -2.66. The van der Waals surface area contributed by atoms with Crippen LogP contribution in [0.3, 0.4) is 0 Å². The van der Waals surface area contributed by atoms with Crippen molar-refractivity contribution in [3.05, 3.63) is 57.8 Å². The number of carbonyl (C=O) groups excluding carboxylic acids is 3. The number of halogens is 3. The first-order valence-corrected chi connectivity index (χ1v) is 9.48. The van der Waals surface area contributed by atoms with Gasteiger partial charge in [-0.15, -0.1) is 0 Å². The molecule has 0 aromatic heterocycles. The second kappa shape index (κ2) is 8.70. The maximum atomic E-state index is 13.1. The van der Waals surface area contributed by atoms with Gasteiger partial charge in [0.1, 0.15) is 5.82 Å². The van der Waals surface area contributed by atoms with Crippen LogP contribution in [0.2, 0.25) is 5.02 Å². The maximum Gasteiger partial charge on any atom is 0.311 e. The molecule has 0 radical (unpaired) electrons. The van der Waals surface area contributed by atoms with E-state index < -0.39 is 30.2 Å². The highest BCUT2D eigenvalue weighted by atomic mass is 79.9. The summed E-state index contributed by atoms with van der Waals surface area (Å²) in [5, 5.41) is 2.32. The Morgan fingerprint density at radius 1 is 1.25 bits per heavy atom. The number of benzene rings is 2. The molecule has 9 heteroatoms. The lowest BCUT2D eigenvalue weighted by molar-refractivity contribution is -0.151. The Morgan fingerprint density at radius 2 is 1.96 bits per heavy atom. The van der Waals surface area contributed by atoms with E-state index in [9.17, 15) is 18.8 Å². The average molecular weight is 470 g/mol. The van der Waals surface area contributed by atoms with E-state index in [0.29, 0.717) is 5.69 Å². The summed E-state index contributed by atoms with van der Waals surface area (Å²) in [7, 11) is 0. The van der Waals surface area contributed by atoms with E-state index in [0.717, 1.165) is 10.5 Å². The number of ether oxygens (including phenoxy) is 1. The van der Waals surface area contributed by atoms with Crippen molar-refractivity contribution in [1.29, 1.82) is 0 Å². The van der Waals surface area contributed by atoms with Gasteiger partial charge in [-0.25, -0.2) is 4.39 Å². The van der Waals surface area contributed by atoms with Crippen molar-refractivity contribution in [3.8, 4) is 0 Å². The van der Waals surface area contributed by atoms with Crippen LogP contribution in [0.25, 0.3) is 0 Å². The molecule has 0 unspecified atom stereocenters.